The monoisotopic (exact) mass is 462 g/mol. The van der Waals surface area contributed by atoms with Crippen molar-refractivity contribution in [3.05, 3.63) is 63.6 Å². The number of amides is 2. The number of carbonyl (C=O) groups is 2. The minimum absolute atomic E-state index is 0.166. The van der Waals surface area contributed by atoms with Gasteiger partial charge in [0.05, 0.1) is 0 Å². The van der Waals surface area contributed by atoms with Crippen LogP contribution in [-0.2, 0) is 16.1 Å². The Morgan fingerprint density at radius 3 is 2.45 bits per heavy atom. The average molecular weight is 463 g/mol. The first-order valence-corrected chi connectivity index (χ1v) is 11.3. The van der Waals surface area contributed by atoms with E-state index in [0.29, 0.717) is 15.8 Å². The van der Waals surface area contributed by atoms with Crippen molar-refractivity contribution in [3.8, 4) is 5.75 Å². The van der Waals surface area contributed by atoms with Crippen molar-refractivity contribution in [1.29, 1.82) is 0 Å². The van der Waals surface area contributed by atoms with Crippen molar-refractivity contribution >= 4 is 35.0 Å². The molecule has 0 bridgehead atoms. The number of benzene rings is 2. The molecule has 2 aromatic carbocycles. The second kappa shape index (κ2) is 10.9. The van der Waals surface area contributed by atoms with E-state index in [9.17, 15) is 9.59 Å². The summed E-state index contributed by atoms with van der Waals surface area (Å²) in [5.74, 6) is 0.146. The highest BCUT2D eigenvalue weighted by atomic mass is 35.5. The quantitative estimate of drug-likeness (QED) is 0.589. The van der Waals surface area contributed by atoms with Gasteiger partial charge in [-0.1, -0.05) is 59.8 Å². The summed E-state index contributed by atoms with van der Waals surface area (Å²) in [5.41, 5.74) is 1.82. The van der Waals surface area contributed by atoms with Crippen molar-refractivity contribution in [3.63, 3.8) is 0 Å². The zero-order chi connectivity index (χ0) is 22.4. The highest BCUT2D eigenvalue weighted by molar-refractivity contribution is 6.35. The molecule has 2 aromatic rings. The lowest BCUT2D eigenvalue weighted by molar-refractivity contribution is -0.142. The molecular formula is C24H28Cl2N2O3. The Morgan fingerprint density at radius 2 is 1.81 bits per heavy atom. The Hall–Kier alpha value is -2.24. The van der Waals surface area contributed by atoms with E-state index in [0.717, 1.165) is 36.8 Å². The molecule has 3 rings (SSSR count). The van der Waals surface area contributed by atoms with Crippen LogP contribution in [0.2, 0.25) is 10.0 Å². The van der Waals surface area contributed by atoms with E-state index in [1.807, 2.05) is 31.2 Å². The lowest BCUT2D eigenvalue weighted by Gasteiger charge is -2.30. The molecule has 31 heavy (non-hydrogen) atoms. The van der Waals surface area contributed by atoms with Crippen LogP contribution in [0.4, 0.5) is 0 Å². The molecule has 7 heteroatoms. The first-order chi connectivity index (χ1) is 14.8. The van der Waals surface area contributed by atoms with Crippen LogP contribution in [0.25, 0.3) is 0 Å². The molecule has 0 saturated heterocycles. The number of hydrogen-bond donors (Lipinski definition) is 1. The van der Waals surface area contributed by atoms with Crippen molar-refractivity contribution in [2.45, 2.75) is 58.2 Å². The zero-order valence-corrected chi connectivity index (χ0v) is 19.4. The van der Waals surface area contributed by atoms with E-state index in [2.05, 4.69) is 5.32 Å². The van der Waals surface area contributed by atoms with E-state index in [1.54, 1.807) is 25.1 Å². The van der Waals surface area contributed by atoms with Gasteiger partial charge < -0.3 is 15.0 Å². The fourth-order valence-corrected chi connectivity index (χ4v) is 4.14. The zero-order valence-electron chi connectivity index (χ0n) is 17.9. The number of ether oxygens (including phenoxy) is 1. The highest BCUT2D eigenvalue weighted by Crippen LogP contribution is 2.24. The van der Waals surface area contributed by atoms with Gasteiger partial charge in [0.2, 0.25) is 5.91 Å². The van der Waals surface area contributed by atoms with Gasteiger partial charge in [-0.15, -0.1) is 0 Å². The maximum Gasteiger partial charge on any atom is 0.261 e. The third-order valence-electron chi connectivity index (χ3n) is 5.61. The van der Waals surface area contributed by atoms with Gasteiger partial charge in [-0.05, 0) is 56.5 Å². The maximum atomic E-state index is 13.1. The Balaban J connectivity index is 1.73. The second-order valence-electron chi connectivity index (χ2n) is 8.03. The molecule has 0 aromatic heterocycles. The van der Waals surface area contributed by atoms with Gasteiger partial charge in [-0.3, -0.25) is 9.59 Å². The van der Waals surface area contributed by atoms with Gasteiger partial charge in [0.15, 0.2) is 6.61 Å². The minimum Gasteiger partial charge on any atom is -0.484 e. The van der Waals surface area contributed by atoms with Crippen LogP contribution in [0.3, 0.4) is 0 Å². The smallest absolute Gasteiger partial charge is 0.261 e. The van der Waals surface area contributed by atoms with E-state index in [-0.39, 0.29) is 31.0 Å². The Kier molecular flexibility index (Phi) is 8.22. The summed E-state index contributed by atoms with van der Waals surface area (Å²) < 4.78 is 5.68. The molecule has 2 amide bonds. The van der Waals surface area contributed by atoms with Crippen molar-refractivity contribution < 1.29 is 14.3 Å². The van der Waals surface area contributed by atoms with Gasteiger partial charge in [-0.25, -0.2) is 0 Å². The molecule has 1 atom stereocenters. The number of aryl methyl sites for hydroxylation is 1. The number of carbonyl (C=O) groups excluding carboxylic acids is 2. The SMILES string of the molecule is Cc1ccc(OCC(=O)N(Cc2ccc(Cl)cc2Cl)[C@H](C)C(=O)NC2CCCC2)cc1. The lowest BCUT2D eigenvalue weighted by Crippen LogP contribution is -2.50. The van der Waals surface area contributed by atoms with Crippen LogP contribution in [0.1, 0.15) is 43.7 Å². The van der Waals surface area contributed by atoms with Crippen LogP contribution in [0.15, 0.2) is 42.5 Å². The molecule has 0 spiro atoms. The molecule has 1 fully saturated rings. The summed E-state index contributed by atoms with van der Waals surface area (Å²) in [4.78, 5) is 27.5. The number of nitrogens with zero attached hydrogens (tertiary/aromatic N) is 1. The predicted octanol–water partition coefficient (Wildman–Crippen LogP) is 5.16. The number of nitrogens with one attached hydrogen (secondary N) is 1. The molecule has 0 radical (unpaired) electrons. The molecule has 0 aliphatic heterocycles. The van der Waals surface area contributed by atoms with E-state index in [1.165, 1.54) is 4.90 Å². The lowest BCUT2D eigenvalue weighted by atomic mass is 10.1. The van der Waals surface area contributed by atoms with Crippen LogP contribution in [-0.4, -0.2) is 35.4 Å². The summed E-state index contributed by atoms with van der Waals surface area (Å²) >= 11 is 12.3. The van der Waals surface area contributed by atoms with Gasteiger partial charge in [0.1, 0.15) is 11.8 Å². The van der Waals surface area contributed by atoms with Crippen molar-refractivity contribution in [1.82, 2.24) is 10.2 Å². The molecule has 1 aliphatic carbocycles. The van der Waals surface area contributed by atoms with Crippen molar-refractivity contribution in [2.75, 3.05) is 6.61 Å². The largest absolute Gasteiger partial charge is 0.484 e. The topological polar surface area (TPSA) is 58.6 Å². The normalized spacial score (nSPS) is 14.8. The molecule has 1 aliphatic rings. The van der Waals surface area contributed by atoms with Gasteiger partial charge >= 0.3 is 0 Å². The van der Waals surface area contributed by atoms with E-state index < -0.39 is 6.04 Å². The van der Waals surface area contributed by atoms with Crippen LogP contribution in [0.5, 0.6) is 5.75 Å². The van der Waals surface area contributed by atoms with Crippen LogP contribution < -0.4 is 10.1 Å². The minimum atomic E-state index is -0.665. The van der Waals surface area contributed by atoms with Gasteiger partial charge in [0.25, 0.3) is 5.91 Å². The first kappa shape index (κ1) is 23.4. The molecule has 1 N–H and O–H groups in total. The van der Waals surface area contributed by atoms with Crippen LogP contribution in [0, 0.1) is 6.92 Å². The summed E-state index contributed by atoms with van der Waals surface area (Å²) in [6, 6.07) is 12.1. The third kappa shape index (κ3) is 6.62. The summed E-state index contributed by atoms with van der Waals surface area (Å²) in [7, 11) is 0. The average Bonchev–Trinajstić information content (AvgIpc) is 3.25. The highest BCUT2D eigenvalue weighted by Gasteiger charge is 2.29. The fourth-order valence-electron chi connectivity index (χ4n) is 3.67. The molecule has 5 nitrogen and oxygen atoms in total. The summed E-state index contributed by atoms with van der Waals surface area (Å²) in [5, 5.41) is 4.04. The number of rotatable bonds is 8. The molecule has 0 heterocycles. The molecule has 1 saturated carbocycles. The standard InChI is InChI=1S/C24H28Cl2N2O3/c1-16-7-11-21(12-8-16)31-15-23(29)28(14-18-9-10-19(25)13-22(18)26)17(2)24(30)27-20-5-3-4-6-20/h7-13,17,20H,3-6,14-15H2,1-2H3,(H,27,30)/t17-/m1/s1. The van der Waals surface area contributed by atoms with Gasteiger partial charge in [0, 0.05) is 22.6 Å². The first-order valence-electron chi connectivity index (χ1n) is 10.6. The molecule has 166 valence electrons. The summed E-state index contributed by atoms with van der Waals surface area (Å²) in [6.07, 6.45) is 4.19. The Morgan fingerprint density at radius 1 is 1.13 bits per heavy atom. The van der Waals surface area contributed by atoms with E-state index in [4.69, 9.17) is 27.9 Å². The Labute approximate surface area is 193 Å². The maximum absolute atomic E-state index is 13.1. The number of halogens is 2. The predicted molar refractivity (Wildman–Crippen MR) is 124 cm³/mol. The van der Waals surface area contributed by atoms with Crippen LogP contribution >= 0.6 is 23.2 Å². The van der Waals surface area contributed by atoms with E-state index >= 15 is 0 Å². The summed E-state index contributed by atoms with van der Waals surface area (Å²) in [6.45, 7) is 3.73. The van der Waals surface area contributed by atoms with Crippen molar-refractivity contribution in [2.24, 2.45) is 0 Å². The Bertz CT molecular complexity index is 912. The second-order valence-corrected chi connectivity index (χ2v) is 8.87. The number of hydrogen-bond acceptors (Lipinski definition) is 3. The van der Waals surface area contributed by atoms with Gasteiger partial charge in [-0.2, -0.15) is 0 Å². The molecule has 0 unspecified atom stereocenters. The fraction of sp³-hybridized carbons (Fsp3) is 0.417. The third-order valence-corrected chi connectivity index (χ3v) is 6.19. The molecular weight excluding hydrogens is 435 g/mol.